The molecule has 104 valence electrons. The Bertz CT molecular complexity index is 639. The van der Waals surface area contributed by atoms with Crippen LogP contribution in [0, 0.1) is 0 Å². The van der Waals surface area contributed by atoms with E-state index in [1.54, 1.807) is 36.4 Å². The van der Waals surface area contributed by atoms with Gasteiger partial charge in [-0.25, -0.2) is 0 Å². The number of nitrogen functional groups attached to an aromatic ring is 1. The lowest BCUT2D eigenvalue weighted by Crippen LogP contribution is -2.15. The van der Waals surface area contributed by atoms with E-state index in [1.807, 2.05) is 0 Å². The largest absolute Gasteiger partial charge is 0.397 e. The SMILES string of the molecule is Nc1cccc(Cl)c1NC(=O)Cc1ccc(Cl)c(Cl)c1. The molecule has 3 N–H and O–H groups in total. The molecular weight excluding hydrogens is 319 g/mol. The normalized spacial score (nSPS) is 10.3. The topological polar surface area (TPSA) is 55.1 Å². The lowest BCUT2D eigenvalue weighted by Gasteiger charge is -2.10. The van der Waals surface area contributed by atoms with Crippen LogP contribution in [0.15, 0.2) is 36.4 Å². The number of rotatable bonds is 3. The number of amides is 1. The molecule has 0 radical (unpaired) electrons. The second-order valence-corrected chi connectivity index (χ2v) is 5.40. The first-order valence-electron chi connectivity index (χ1n) is 5.75. The van der Waals surface area contributed by atoms with Gasteiger partial charge in [0.1, 0.15) is 0 Å². The number of nitrogens with two attached hydrogens (primary N) is 1. The molecule has 6 heteroatoms. The van der Waals surface area contributed by atoms with Crippen LogP contribution in [0.3, 0.4) is 0 Å². The maximum absolute atomic E-state index is 12.0. The number of halogens is 3. The molecule has 3 nitrogen and oxygen atoms in total. The molecule has 0 aromatic heterocycles. The molecule has 2 aromatic rings. The van der Waals surface area contributed by atoms with E-state index in [-0.39, 0.29) is 12.3 Å². The Kier molecular flexibility index (Phi) is 4.76. The van der Waals surface area contributed by atoms with Crippen LogP contribution in [0.5, 0.6) is 0 Å². The van der Waals surface area contributed by atoms with E-state index in [0.717, 1.165) is 5.56 Å². The van der Waals surface area contributed by atoms with Gasteiger partial charge in [-0.05, 0) is 29.8 Å². The van der Waals surface area contributed by atoms with Crippen molar-refractivity contribution >= 4 is 52.1 Å². The van der Waals surface area contributed by atoms with Crippen molar-refractivity contribution in [2.75, 3.05) is 11.1 Å². The van der Waals surface area contributed by atoms with Crippen LogP contribution in [-0.4, -0.2) is 5.91 Å². The van der Waals surface area contributed by atoms with Crippen molar-refractivity contribution in [1.82, 2.24) is 0 Å². The lowest BCUT2D eigenvalue weighted by molar-refractivity contribution is -0.115. The van der Waals surface area contributed by atoms with Crippen LogP contribution in [0.25, 0.3) is 0 Å². The second kappa shape index (κ2) is 6.35. The van der Waals surface area contributed by atoms with Gasteiger partial charge in [-0.2, -0.15) is 0 Å². The minimum atomic E-state index is -0.233. The number of hydrogen-bond donors (Lipinski definition) is 2. The van der Waals surface area contributed by atoms with Gasteiger partial charge in [0.25, 0.3) is 0 Å². The second-order valence-electron chi connectivity index (χ2n) is 4.18. The molecule has 0 spiro atoms. The molecule has 20 heavy (non-hydrogen) atoms. The molecular formula is C14H11Cl3N2O. The third kappa shape index (κ3) is 3.57. The number of carbonyl (C=O) groups excluding carboxylic acids is 1. The predicted molar refractivity (Wildman–Crippen MR) is 84.7 cm³/mol. The summed E-state index contributed by atoms with van der Waals surface area (Å²) in [4.78, 5) is 12.0. The van der Waals surface area contributed by atoms with Gasteiger partial charge in [-0.3, -0.25) is 4.79 Å². The highest BCUT2D eigenvalue weighted by atomic mass is 35.5. The summed E-state index contributed by atoms with van der Waals surface area (Å²) in [6.45, 7) is 0. The van der Waals surface area contributed by atoms with Gasteiger partial charge in [0, 0.05) is 0 Å². The summed E-state index contributed by atoms with van der Waals surface area (Å²) in [7, 11) is 0. The summed E-state index contributed by atoms with van der Waals surface area (Å²) in [5, 5.41) is 3.95. The fraction of sp³-hybridized carbons (Fsp3) is 0.0714. The molecule has 0 unspecified atom stereocenters. The average molecular weight is 330 g/mol. The summed E-state index contributed by atoms with van der Waals surface area (Å²) in [5.41, 5.74) is 7.35. The Balaban J connectivity index is 2.11. The van der Waals surface area contributed by atoms with E-state index in [1.165, 1.54) is 0 Å². The van der Waals surface area contributed by atoms with Crippen molar-refractivity contribution in [3.63, 3.8) is 0 Å². The Morgan fingerprint density at radius 1 is 1.05 bits per heavy atom. The quantitative estimate of drug-likeness (QED) is 0.819. The first kappa shape index (κ1) is 15.0. The van der Waals surface area contributed by atoms with Gasteiger partial charge in [-0.1, -0.05) is 46.9 Å². The molecule has 0 heterocycles. The van der Waals surface area contributed by atoms with Crippen molar-refractivity contribution in [2.45, 2.75) is 6.42 Å². The van der Waals surface area contributed by atoms with Gasteiger partial charge < -0.3 is 11.1 Å². The Labute approximate surface area is 131 Å². The Morgan fingerprint density at radius 3 is 2.45 bits per heavy atom. The minimum absolute atomic E-state index is 0.154. The van der Waals surface area contributed by atoms with E-state index >= 15 is 0 Å². The molecule has 0 bridgehead atoms. The lowest BCUT2D eigenvalue weighted by atomic mass is 10.1. The van der Waals surface area contributed by atoms with Crippen molar-refractivity contribution in [2.24, 2.45) is 0 Å². The van der Waals surface area contributed by atoms with Crippen LogP contribution >= 0.6 is 34.8 Å². The third-order valence-electron chi connectivity index (χ3n) is 2.66. The molecule has 0 aliphatic heterocycles. The first-order valence-corrected chi connectivity index (χ1v) is 6.88. The highest BCUT2D eigenvalue weighted by Crippen LogP contribution is 2.28. The van der Waals surface area contributed by atoms with Crippen LogP contribution in [-0.2, 0) is 11.2 Å². The molecule has 2 rings (SSSR count). The fourth-order valence-corrected chi connectivity index (χ4v) is 2.24. The molecule has 0 atom stereocenters. The summed E-state index contributed by atoms with van der Waals surface area (Å²) < 4.78 is 0. The van der Waals surface area contributed by atoms with E-state index < -0.39 is 0 Å². The summed E-state index contributed by atoms with van der Waals surface area (Å²) in [6, 6.07) is 10.1. The first-order chi connectivity index (χ1) is 9.47. The highest BCUT2D eigenvalue weighted by molar-refractivity contribution is 6.42. The van der Waals surface area contributed by atoms with Gasteiger partial charge in [0.2, 0.25) is 5.91 Å². The highest BCUT2D eigenvalue weighted by Gasteiger charge is 2.10. The molecule has 0 aliphatic carbocycles. The number of nitrogens with one attached hydrogen (secondary N) is 1. The fourth-order valence-electron chi connectivity index (χ4n) is 1.69. The van der Waals surface area contributed by atoms with E-state index in [0.29, 0.717) is 26.4 Å². The predicted octanol–water partition coefficient (Wildman–Crippen LogP) is 4.41. The molecule has 1 amide bonds. The minimum Gasteiger partial charge on any atom is -0.397 e. The number of benzene rings is 2. The third-order valence-corrected chi connectivity index (χ3v) is 3.71. The maximum Gasteiger partial charge on any atom is 0.228 e. The number of carbonyl (C=O) groups is 1. The van der Waals surface area contributed by atoms with Crippen LogP contribution in [0.1, 0.15) is 5.56 Å². The molecule has 2 aromatic carbocycles. The zero-order chi connectivity index (χ0) is 14.7. The summed E-state index contributed by atoms with van der Waals surface area (Å²) >= 11 is 17.7. The van der Waals surface area contributed by atoms with Crippen molar-refractivity contribution in [1.29, 1.82) is 0 Å². The van der Waals surface area contributed by atoms with Crippen LogP contribution < -0.4 is 11.1 Å². The molecule has 0 saturated carbocycles. The van der Waals surface area contributed by atoms with Crippen molar-refractivity contribution in [3.8, 4) is 0 Å². The number of anilines is 2. The van der Waals surface area contributed by atoms with E-state index in [2.05, 4.69) is 5.32 Å². The number of para-hydroxylation sites is 1. The van der Waals surface area contributed by atoms with Crippen molar-refractivity contribution < 1.29 is 4.79 Å². The van der Waals surface area contributed by atoms with Gasteiger partial charge in [-0.15, -0.1) is 0 Å². The molecule has 0 saturated heterocycles. The van der Waals surface area contributed by atoms with E-state index in [9.17, 15) is 4.79 Å². The van der Waals surface area contributed by atoms with Gasteiger partial charge in [0.15, 0.2) is 0 Å². The van der Waals surface area contributed by atoms with Crippen molar-refractivity contribution in [3.05, 3.63) is 57.0 Å². The van der Waals surface area contributed by atoms with Crippen LogP contribution in [0.4, 0.5) is 11.4 Å². The Morgan fingerprint density at radius 2 is 1.80 bits per heavy atom. The number of hydrogen-bond acceptors (Lipinski definition) is 2. The standard InChI is InChI=1S/C14H11Cl3N2O/c15-9-5-4-8(6-11(9)17)7-13(20)19-14-10(16)2-1-3-12(14)18/h1-6H,7,18H2,(H,19,20). The Hall–Kier alpha value is -1.42. The summed E-state index contributed by atoms with van der Waals surface area (Å²) in [6.07, 6.45) is 0.154. The zero-order valence-electron chi connectivity index (χ0n) is 10.3. The maximum atomic E-state index is 12.0. The van der Waals surface area contributed by atoms with Gasteiger partial charge >= 0.3 is 0 Å². The van der Waals surface area contributed by atoms with Gasteiger partial charge in [0.05, 0.1) is 32.9 Å². The smallest absolute Gasteiger partial charge is 0.228 e. The van der Waals surface area contributed by atoms with Crippen LogP contribution in [0.2, 0.25) is 15.1 Å². The summed E-state index contributed by atoms with van der Waals surface area (Å²) in [5.74, 6) is -0.233. The average Bonchev–Trinajstić information content (AvgIpc) is 2.38. The monoisotopic (exact) mass is 328 g/mol. The molecule has 0 fully saturated rings. The zero-order valence-corrected chi connectivity index (χ0v) is 12.6. The van der Waals surface area contributed by atoms with E-state index in [4.69, 9.17) is 40.5 Å². The molecule has 0 aliphatic rings.